The van der Waals surface area contributed by atoms with Gasteiger partial charge in [-0.3, -0.25) is 9.89 Å². The Kier molecular flexibility index (Phi) is 4.57. The van der Waals surface area contributed by atoms with Crippen LogP contribution in [0.25, 0.3) is 10.9 Å². The van der Waals surface area contributed by atoms with E-state index in [-0.39, 0.29) is 22.3 Å². The largest absolute Gasteiger partial charge is 0.338 e. The van der Waals surface area contributed by atoms with Crippen molar-refractivity contribution in [3.05, 3.63) is 54.6 Å². The van der Waals surface area contributed by atoms with Crippen LogP contribution >= 0.6 is 0 Å². The molecule has 1 amide bonds. The standard InChI is InChI=1S/C21H18FN7O3S/c1-21(2)19(30)27-16-8-12(5-6-17(16)33(21,31)32)25-18-14(22)10-23-20(28-18)26-13-4-3-11-9-24-29-15(11)7-13/h3-10H,1-2H3,(H,24,29)(H,27,30)(H2,23,25,26,28). The number of nitrogens with one attached hydrogen (secondary N) is 4. The second-order valence-electron chi connectivity index (χ2n) is 7.99. The molecule has 0 fully saturated rings. The second kappa shape index (κ2) is 7.24. The molecule has 1 aliphatic rings. The zero-order chi connectivity index (χ0) is 23.4. The molecule has 0 aliphatic carbocycles. The number of carbonyl (C=O) groups is 1. The number of aromatic nitrogens is 4. The SMILES string of the molecule is CC1(C)C(=O)Nc2cc(Nc3nc(Nc4ccc5cn[nH]c5c4)ncc3F)ccc2S1(=O)=O. The van der Waals surface area contributed by atoms with E-state index in [4.69, 9.17) is 0 Å². The summed E-state index contributed by atoms with van der Waals surface area (Å²) in [4.78, 5) is 20.4. The molecule has 0 bridgehead atoms. The number of fused-ring (bicyclic) bond motifs is 2. The fourth-order valence-corrected chi connectivity index (χ4v) is 4.90. The first-order valence-corrected chi connectivity index (χ1v) is 11.3. The third-order valence-electron chi connectivity index (χ3n) is 5.44. The molecule has 4 N–H and O–H groups in total. The quantitative estimate of drug-likeness (QED) is 0.357. The van der Waals surface area contributed by atoms with Crippen molar-refractivity contribution in [3.8, 4) is 0 Å². The summed E-state index contributed by atoms with van der Waals surface area (Å²) in [5.74, 6) is -1.32. The number of H-pyrrole nitrogens is 1. The van der Waals surface area contributed by atoms with Crippen molar-refractivity contribution in [1.29, 1.82) is 0 Å². The van der Waals surface area contributed by atoms with E-state index in [0.29, 0.717) is 11.4 Å². The summed E-state index contributed by atoms with van der Waals surface area (Å²) >= 11 is 0. The van der Waals surface area contributed by atoms with Gasteiger partial charge >= 0.3 is 0 Å². The van der Waals surface area contributed by atoms with Gasteiger partial charge in [0.1, 0.15) is 4.75 Å². The van der Waals surface area contributed by atoms with Crippen LogP contribution in [-0.4, -0.2) is 39.2 Å². The highest BCUT2D eigenvalue weighted by molar-refractivity contribution is 7.94. The summed E-state index contributed by atoms with van der Waals surface area (Å²) in [5, 5.41) is 16.2. The van der Waals surface area contributed by atoms with Gasteiger partial charge in [-0.25, -0.2) is 17.8 Å². The first kappa shape index (κ1) is 20.8. The van der Waals surface area contributed by atoms with E-state index in [1.54, 1.807) is 6.20 Å². The molecule has 10 nitrogen and oxygen atoms in total. The maximum absolute atomic E-state index is 14.4. The lowest BCUT2D eigenvalue weighted by atomic mass is 10.1. The lowest BCUT2D eigenvalue weighted by molar-refractivity contribution is -0.118. The van der Waals surface area contributed by atoms with Crippen molar-refractivity contribution < 1.29 is 17.6 Å². The fraction of sp³-hybridized carbons (Fsp3) is 0.143. The van der Waals surface area contributed by atoms with Crippen molar-refractivity contribution in [2.75, 3.05) is 16.0 Å². The van der Waals surface area contributed by atoms with Crippen molar-refractivity contribution >= 4 is 55.5 Å². The van der Waals surface area contributed by atoms with Crippen LogP contribution in [0.15, 0.2) is 53.7 Å². The number of hydrogen-bond donors (Lipinski definition) is 4. The molecule has 0 atom stereocenters. The lowest BCUT2D eigenvalue weighted by Crippen LogP contribution is -2.48. The van der Waals surface area contributed by atoms with E-state index in [1.165, 1.54) is 32.0 Å². The summed E-state index contributed by atoms with van der Waals surface area (Å²) in [6.45, 7) is 2.70. The molecule has 0 saturated heterocycles. The molecule has 2 aromatic carbocycles. The van der Waals surface area contributed by atoms with E-state index in [9.17, 15) is 17.6 Å². The number of hydrogen-bond acceptors (Lipinski definition) is 8. The summed E-state index contributed by atoms with van der Waals surface area (Å²) < 4.78 is 38.3. The molecular weight excluding hydrogens is 449 g/mol. The Hall–Kier alpha value is -4.06. The summed E-state index contributed by atoms with van der Waals surface area (Å²) in [6, 6.07) is 9.75. The Labute approximate surface area is 187 Å². The monoisotopic (exact) mass is 467 g/mol. The third kappa shape index (κ3) is 3.44. The van der Waals surface area contributed by atoms with Gasteiger partial charge in [-0.15, -0.1) is 0 Å². The van der Waals surface area contributed by atoms with Crippen LogP contribution in [0.2, 0.25) is 0 Å². The molecule has 0 spiro atoms. The molecule has 12 heteroatoms. The minimum absolute atomic E-state index is 0.00244. The number of carbonyl (C=O) groups excluding carboxylic acids is 1. The molecule has 5 rings (SSSR count). The minimum atomic E-state index is -3.88. The second-order valence-corrected chi connectivity index (χ2v) is 10.5. The number of sulfone groups is 1. The molecule has 2 aromatic heterocycles. The number of amides is 1. The highest BCUT2D eigenvalue weighted by Gasteiger charge is 2.47. The molecule has 4 aromatic rings. The van der Waals surface area contributed by atoms with Crippen LogP contribution < -0.4 is 16.0 Å². The number of nitrogens with zero attached hydrogens (tertiary/aromatic N) is 3. The zero-order valence-electron chi connectivity index (χ0n) is 17.5. The van der Waals surface area contributed by atoms with E-state index in [1.807, 2.05) is 18.2 Å². The summed E-state index contributed by atoms with van der Waals surface area (Å²) in [5.41, 5.74) is 1.94. The van der Waals surface area contributed by atoms with Crippen LogP contribution in [0.5, 0.6) is 0 Å². The Morgan fingerprint density at radius 1 is 1.03 bits per heavy atom. The van der Waals surface area contributed by atoms with Crippen molar-refractivity contribution in [2.24, 2.45) is 0 Å². The minimum Gasteiger partial charge on any atom is -0.338 e. The number of anilines is 5. The van der Waals surface area contributed by atoms with Gasteiger partial charge in [0.25, 0.3) is 0 Å². The van der Waals surface area contributed by atoms with Crippen LogP contribution in [0.4, 0.5) is 33.2 Å². The van der Waals surface area contributed by atoms with Gasteiger partial charge in [-0.1, -0.05) is 0 Å². The van der Waals surface area contributed by atoms with Gasteiger partial charge in [0.15, 0.2) is 21.5 Å². The Morgan fingerprint density at radius 2 is 1.79 bits per heavy atom. The Morgan fingerprint density at radius 3 is 2.61 bits per heavy atom. The normalized spacial score (nSPS) is 16.2. The van der Waals surface area contributed by atoms with Crippen molar-refractivity contribution in [3.63, 3.8) is 0 Å². The first-order valence-electron chi connectivity index (χ1n) is 9.85. The highest BCUT2D eigenvalue weighted by atomic mass is 32.2. The van der Waals surface area contributed by atoms with Gasteiger partial charge < -0.3 is 16.0 Å². The van der Waals surface area contributed by atoms with E-state index < -0.39 is 26.3 Å². The van der Waals surface area contributed by atoms with Crippen LogP contribution in [0, 0.1) is 5.82 Å². The lowest BCUT2D eigenvalue weighted by Gasteiger charge is -2.30. The smallest absolute Gasteiger partial charge is 0.245 e. The van der Waals surface area contributed by atoms with Crippen LogP contribution in [0.1, 0.15) is 13.8 Å². The number of benzene rings is 2. The Balaban J connectivity index is 1.43. The fourth-order valence-electron chi connectivity index (χ4n) is 3.41. The molecular formula is C21H18FN7O3S. The van der Waals surface area contributed by atoms with Gasteiger partial charge in [0.05, 0.1) is 28.5 Å². The highest BCUT2D eigenvalue weighted by Crippen LogP contribution is 2.38. The Bertz CT molecular complexity index is 1530. The number of rotatable bonds is 4. The molecule has 1 aliphatic heterocycles. The van der Waals surface area contributed by atoms with Gasteiger partial charge in [0.2, 0.25) is 11.9 Å². The molecule has 33 heavy (non-hydrogen) atoms. The molecule has 0 unspecified atom stereocenters. The van der Waals surface area contributed by atoms with E-state index >= 15 is 0 Å². The maximum Gasteiger partial charge on any atom is 0.245 e. The molecule has 0 saturated carbocycles. The van der Waals surface area contributed by atoms with E-state index in [0.717, 1.165) is 17.1 Å². The molecule has 0 radical (unpaired) electrons. The van der Waals surface area contributed by atoms with Gasteiger partial charge in [-0.05, 0) is 50.2 Å². The number of aromatic amines is 1. The van der Waals surface area contributed by atoms with Crippen LogP contribution in [0.3, 0.4) is 0 Å². The summed E-state index contributed by atoms with van der Waals surface area (Å²) in [6.07, 6.45) is 2.71. The predicted octanol–water partition coefficient (Wildman–Crippen LogP) is 3.48. The van der Waals surface area contributed by atoms with Crippen molar-refractivity contribution in [2.45, 2.75) is 23.5 Å². The topological polar surface area (TPSA) is 142 Å². The average molecular weight is 467 g/mol. The molecule has 3 heterocycles. The first-order chi connectivity index (χ1) is 15.6. The number of halogens is 1. The van der Waals surface area contributed by atoms with Crippen molar-refractivity contribution in [1.82, 2.24) is 20.2 Å². The van der Waals surface area contributed by atoms with Gasteiger partial charge in [0, 0.05) is 16.8 Å². The zero-order valence-corrected chi connectivity index (χ0v) is 18.3. The molecule has 168 valence electrons. The average Bonchev–Trinajstić information content (AvgIpc) is 3.23. The van der Waals surface area contributed by atoms with E-state index in [2.05, 4.69) is 36.1 Å². The predicted molar refractivity (Wildman–Crippen MR) is 121 cm³/mol. The van der Waals surface area contributed by atoms with Gasteiger partial charge in [-0.2, -0.15) is 10.1 Å². The van der Waals surface area contributed by atoms with Crippen LogP contribution in [-0.2, 0) is 14.6 Å². The maximum atomic E-state index is 14.4. The third-order valence-corrected chi connectivity index (χ3v) is 7.90. The summed E-state index contributed by atoms with van der Waals surface area (Å²) in [7, 11) is -3.88.